The van der Waals surface area contributed by atoms with Crippen LogP contribution in [0.5, 0.6) is 0 Å². The molecule has 2 aromatic carbocycles. The fourth-order valence-electron chi connectivity index (χ4n) is 3.93. The SMILES string of the molecule is O=S(=O)(c1ccc(Nc2ncc(C=Cc3n[nH]c4ccccc34)cn2)cc1)C1CCNCC1. The smallest absolute Gasteiger partial charge is 0.227 e. The average molecular weight is 461 g/mol. The third-order valence-corrected chi connectivity index (χ3v) is 8.05. The molecule has 8 nitrogen and oxygen atoms in total. The number of nitrogens with one attached hydrogen (secondary N) is 3. The average Bonchev–Trinajstić information content (AvgIpc) is 3.28. The van der Waals surface area contributed by atoms with E-state index >= 15 is 0 Å². The van der Waals surface area contributed by atoms with Crippen LogP contribution in [-0.4, -0.2) is 46.9 Å². The van der Waals surface area contributed by atoms with Crippen molar-refractivity contribution in [1.29, 1.82) is 0 Å². The van der Waals surface area contributed by atoms with Crippen molar-refractivity contribution in [1.82, 2.24) is 25.5 Å². The number of fused-ring (bicyclic) bond motifs is 1. The van der Waals surface area contributed by atoms with Crippen molar-refractivity contribution in [2.75, 3.05) is 18.4 Å². The summed E-state index contributed by atoms with van der Waals surface area (Å²) in [6.07, 6.45) is 8.56. The highest BCUT2D eigenvalue weighted by Crippen LogP contribution is 2.24. The van der Waals surface area contributed by atoms with Gasteiger partial charge in [0.1, 0.15) is 0 Å². The van der Waals surface area contributed by atoms with Gasteiger partial charge < -0.3 is 10.6 Å². The molecule has 0 bridgehead atoms. The van der Waals surface area contributed by atoms with Crippen molar-refractivity contribution in [3.63, 3.8) is 0 Å². The zero-order valence-corrected chi connectivity index (χ0v) is 18.7. The van der Waals surface area contributed by atoms with Gasteiger partial charge in [0.05, 0.1) is 21.4 Å². The molecule has 0 aliphatic carbocycles. The van der Waals surface area contributed by atoms with E-state index in [0.717, 1.165) is 40.9 Å². The summed E-state index contributed by atoms with van der Waals surface area (Å²) in [7, 11) is -3.31. The van der Waals surface area contributed by atoms with Gasteiger partial charge in [-0.2, -0.15) is 5.10 Å². The first-order chi connectivity index (χ1) is 16.1. The minimum atomic E-state index is -3.31. The summed E-state index contributed by atoms with van der Waals surface area (Å²) in [6.45, 7) is 1.48. The Balaban J connectivity index is 1.25. The molecule has 4 aromatic rings. The van der Waals surface area contributed by atoms with Crippen molar-refractivity contribution in [2.45, 2.75) is 23.0 Å². The number of para-hydroxylation sites is 1. The van der Waals surface area contributed by atoms with Gasteiger partial charge in [0.2, 0.25) is 5.95 Å². The number of H-pyrrole nitrogens is 1. The van der Waals surface area contributed by atoms with Gasteiger partial charge in [-0.05, 0) is 68.4 Å². The highest BCUT2D eigenvalue weighted by atomic mass is 32.2. The van der Waals surface area contributed by atoms with E-state index in [1.54, 1.807) is 36.7 Å². The van der Waals surface area contributed by atoms with Crippen molar-refractivity contribution in [3.05, 3.63) is 72.2 Å². The van der Waals surface area contributed by atoms with Crippen molar-refractivity contribution < 1.29 is 8.42 Å². The molecule has 9 heteroatoms. The Morgan fingerprint density at radius 3 is 2.42 bits per heavy atom. The minimum Gasteiger partial charge on any atom is -0.324 e. The molecule has 1 aliphatic rings. The third-order valence-electron chi connectivity index (χ3n) is 5.77. The van der Waals surface area contributed by atoms with Crippen LogP contribution in [0.25, 0.3) is 23.1 Å². The van der Waals surface area contributed by atoms with Crippen LogP contribution in [0.2, 0.25) is 0 Å². The summed E-state index contributed by atoms with van der Waals surface area (Å²) in [4.78, 5) is 9.06. The van der Waals surface area contributed by atoms with E-state index in [0.29, 0.717) is 23.7 Å². The lowest BCUT2D eigenvalue weighted by molar-refractivity contribution is 0.496. The molecule has 1 saturated heterocycles. The second kappa shape index (κ2) is 9.13. The number of nitrogens with zero attached hydrogens (tertiary/aromatic N) is 3. The predicted molar refractivity (Wildman–Crippen MR) is 130 cm³/mol. The number of hydrogen-bond donors (Lipinski definition) is 3. The summed E-state index contributed by atoms with van der Waals surface area (Å²) in [5.74, 6) is 0.436. The van der Waals surface area contributed by atoms with Gasteiger partial charge in [0, 0.05) is 29.0 Å². The highest BCUT2D eigenvalue weighted by Gasteiger charge is 2.28. The molecule has 1 aliphatic heterocycles. The molecule has 1 fully saturated rings. The predicted octanol–water partition coefficient (Wildman–Crippen LogP) is 3.79. The molecule has 0 saturated carbocycles. The van der Waals surface area contributed by atoms with Gasteiger partial charge in [-0.1, -0.05) is 18.2 Å². The van der Waals surface area contributed by atoms with Gasteiger partial charge in [0.15, 0.2) is 9.84 Å². The van der Waals surface area contributed by atoms with Crippen LogP contribution in [0, 0.1) is 0 Å². The minimum absolute atomic E-state index is 0.319. The maximum absolute atomic E-state index is 12.8. The standard InChI is InChI=1S/C24H24N6O2S/c31-33(32,20-11-13-25-14-12-20)19-8-6-18(7-9-19)28-24-26-15-17(16-27-24)5-10-23-21-3-1-2-4-22(21)29-30-23/h1-10,15-16,20,25H,11-14H2,(H,29,30)(H,26,27,28). The van der Waals surface area contributed by atoms with Gasteiger partial charge >= 0.3 is 0 Å². The first-order valence-corrected chi connectivity index (χ1v) is 12.4. The van der Waals surface area contributed by atoms with Gasteiger partial charge in [0.25, 0.3) is 0 Å². The van der Waals surface area contributed by atoms with Crippen LogP contribution < -0.4 is 10.6 Å². The zero-order valence-electron chi connectivity index (χ0n) is 17.9. The molecular formula is C24H24N6O2S. The topological polar surface area (TPSA) is 113 Å². The first-order valence-electron chi connectivity index (χ1n) is 10.8. The van der Waals surface area contributed by atoms with E-state index in [1.165, 1.54) is 0 Å². The van der Waals surface area contributed by atoms with Crippen molar-refractivity contribution in [2.24, 2.45) is 0 Å². The van der Waals surface area contributed by atoms with Gasteiger partial charge in [-0.15, -0.1) is 0 Å². The van der Waals surface area contributed by atoms with Crippen LogP contribution in [0.4, 0.5) is 11.6 Å². The molecule has 0 radical (unpaired) electrons. The molecule has 168 valence electrons. The zero-order chi connectivity index (χ0) is 22.7. The van der Waals surface area contributed by atoms with Gasteiger partial charge in [-0.25, -0.2) is 18.4 Å². The maximum atomic E-state index is 12.8. The summed E-state index contributed by atoms with van der Waals surface area (Å²) in [5.41, 5.74) is 3.41. The molecule has 2 aromatic heterocycles. The number of rotatable bonds is 6. The fourth-order valence-corrected chi connectivity index (χ4v) is 5.69. The highest BCUT2D eigenvalue weighted by molar-refractivity contribution is 7.92. The number of hydrogen-bond acceptors (Lipinski definition) is 7. The number of sulfone groups is 1. The lowest BCUT2D eigenvalue weighted by Crippen LogP contribution is -2.35. The molecule has 5 rings (SSSR count). The normalized spacial score (nSPS) is 15.3. The van der Waals surface area contributed by atoms with E-state index in [2.05, 4.69) is 30.8 Å². The Bertz CT molecular complexity index is 1370. The number of anilines is 2. The second-order valence-electron chi connectivity index (χ2n) is 7.97. The third kappa shape index (κ3) is 4.64. The summed E-state index contributed by atoms with van der Waals surface area (Å²) < 4.78 is 25.7. The molecule has 0 atom stereocenters. The van der Waals surface area contributed by atoms with Gasteiger partial charge in [-0.3, -0.25) is 5.10 Å². The number of piperidine rings is 1. The molecular weight excluding hydrogens is 436 g/mol. The Labute approximate surface area is 192 Å². The van der Waals surface area contributed by atoms with Crippen molar-refractivity contribution in [3.8, 4) is 0 Å². The number of aromatic amines is 1. The van der Waals surface area contributed by atoms with Crippen molar-refractivity contribution >= 4 is 44.5 Å². The molecule has 0 spiro atoms. The first kappa shape index (κ1) is 21.3. The van der Waals surface area contributed by atoms with Crippen LogP contribution >= 0.6 is 0 Å². The van der Waals surface area contributed by atoms with E-state index in [4.69, 9.17) is 0 Å². The Morgan fingerprint density at radius 1 is 0.939 bits per heavy atom. The monoisotopic (exact) mass is 460 g/mol. The van der Waals surface area contributed by atoms with E-state index in [9.17, 15) is 8.42 Å². The largest absolute Gasteiger partial charge is 0.324 e. The molecule has 3 N–H and O–H groups in total. The summed E-state index contributed by atoms with van der Waals surface area (Å²) in [5, 5.41) is 14.4. The Hall–Kier alpha value is -3.56. The molecule has 3 heterocycles. The maximum Gasteiger partial charge on any atom is 0.227 e. The summed E-state index contributed by atoms with van der Waals surface area (Å²) in [6, 6.07) is 14.7. The lowest BCUT2D eigenvalue weighted by atomic mass is 10.2. The Morgan fingerprint density at radius 2 is 1.67 bits per heavy atom. The second-order valence-corrected chi connectivity index (χ2v) is 10.2. The Kier molecular flexibility index (Phi) is 5.89. The van der Waals surface area contributed by atoms with Crippen LogP contribution in [-0.2, 0) is 9.84 Å². The van der Waals surface area contributed by atoms with E-state index in [-0.39, 0.29) is 5.25 Å². The summed E-state index contributed by atoms with van der Waals surface area (Å²) >= 11 is 0. The van der Waals surface area contributed by atoms with Crippen LogP contribution in [0.3, 0.4) is 0 Å². The lowest BCUT2D eigenvalue weighted by Gasteiger charge is -2.22. The molecule has 0 unspecified atom stereocenters. The molecule has 33 heavy (non-hydrogen) atoms. The van der Waals surface area contributed by atoms with Crippen LogP contribution in [0.15, 0.2) is 65.8 Å². The van der Waals surface area contributed by atoms with E-state index in [1.807, 2.05) is 36.4 Å². The molecule has 0 amide bonds. The fraction of sp³-hybridized carbons (Fsp3) is 0.208. The number of aromatic nitrogens is 4. The van der Waals surface area contributed by atoms with E-state index < -0.39 is 9.84 Å². The number of benzene rings is 2. The van der Waals surface area contributed by atoms with Crippen LogP contribution in [0.1, 0.15) is 24.1 Å². The quantitative estimate of drug-likeness (QED) is 0.401.